The topological polar surface area (TPSA) is 70.9 Å². The minimum atomic E-state index is -0.289. The molecule has 2 aromatic heterocycles. The number of carbonyl (C=O) groups is 2. The Morgan fingerprint density at radius 3 is 2.07 bits per heavy atom. The zero-order chi connectivity index (χ0) is 28.6. The predicted octanol–water partition coefficient (Wildman–Crippen LogP) is 5.43. The van der Waals surface area contributed by atoms with E-state index in [1.165, 1.54) is 43.4 Å². The second kappa shape index (κ2) is 11.5. The highest BCUT2D eigenvalue weighted by molar-refractivity contribution is 6.30. The first-order valence-corrected chi connectivity index (χ1v) is 15.5. The number of pyridine rings is 1. The molecule has 8 heteroatoms. The Balaban J connectivity index is 1.40. The molecule has 42 heavy (non-hydrogen) atoms. The van der Waals surface area contributed by atoms with E-state index in [0.29, 0.717) is 18.7 Å². The molecule has 2 saturated heterocycles. The summed E-state index contributed by atoms with van der Waals surface area (Å²) in [5.41, 5.74) is 4.33. The maximum Gasteiger partial charge on any atom is 0.280 e. The van der Waals surface area contributed by atoms with Crippen molar-refractivity contribution in [2.75, 3.05) is 52.9 Å². The highest BCUT2D eigenvalue weighted by Crippen LogP contribution is 2.42. The first-order valence-electron chi connectivity index (χ1n) is 15.5. The summed E-state index contributed by atoms with van der Waals surface area (Å²) in [6.45, 7) is 7.05. The molecule has 0 aliphatic carbocycles. The third kappa shape index (κ3) is 4.76. The fraction of sp³-hybridized carbons (Fsp3) is 0.441. The fourth-order valence-electron chi connectivity index (χ4n) is 7.10. The lowest BCUT2D eigenvalue weighted by molar-refractivity contribution is 0.0630. The van der Waals surface area contributed by atoms with Crippen LogP contribution in [0.4, 0.5) is 0 Å². The van der Waals surface area contributed by atoms with E-state index in [9.17, 15) is 9.59 Å². The van der Waals surface area contributed by atoms with Gasteiger partial charge < -0.3 is 19.1 Å². The molecule has 8 nitrogen and oxygen atoms in total. The number of amides is 2. The number of aromatic nitrogens is 2. The number of nitrogens with zero attached hydrogens (tertiary/aromatic N) is 5. The van der Waals surface area contributed by atoms with E-state index >= 15 is 0 Å². The molecule has 4 aromatic rings. The summed E-state index contributed by atoms with van der Waals surface area (Å²) in [7, 11) is 1.66. The zero-order valence-electron chi connectivity index (χ0n) is 24.5. The summed E-state index contributed by atoms with van der Waals surface area (Å²) in [5, 5.41) is 1.74. The van der Waals surface area contributed by atoms with E-state index < -0.39 is 0 Å². The van der Waals surface area contributed by atoms with E-state index in [-0.39, 0.29) is 17.5 Å². The van der Waals surface area contributed by atoms with Gasteiger partial charge in [-0.1, -0.05) is 43.2 Å². The fourth-order valence-corrected chi connectivity index (χ4v) is 7.10. The summed E-state index contributed by atoms with van der Waals surface area (Å²) in [6, 6.07) is 16.1. The third-order valence-electron chi connectivity index (χ3n) is 9.34. The van der Waals surface area contributed by atoms with E-state index in [1.54, 1.807) is 7.11 Å². The molecule has 5 heterocycles. The van der Waals surface area contributed by atoms with Gasteiger partial charge in [-0.3, -0.25) is 14.5 Å². The van der Waals surface area contributed by atoms with Gasteiger partial charge in [0.05, 0.1) is 23.9 Å². The molecule has 0 spiro atoms. The normalized spacial score (nSPS) is 18.4. The highest BCUT2D eigenvalue weighted by Gasteiger charge is 2.41. The molecule has 0 unspecified atom stereocenters. The van der Waals surface area contributed by atoms with Crippen molar-refractivity contribution < 1.29 is 14.3 Å². The summed E-state index contributed by atoms with van der Waals surface area (Å²) in [5.74, 6) is 0.202. The van der Waals surface area contributed by atoms with Gasteiger partial charge in [0.15, 0.2) is 0 Å². The monoisotopic (exact) mass is 565 g/mol. The average Bonchev–Trinajstić information content (AvgIpc) is 3.49. The van der Waals surface area contributed by atoms with Crippen LogP contribution in [0.15, 0.2) is 48.5 Å². The van der Waals surface area contributed by atoms with E-state index in [4.69, 9.17) is 9.72 Å². The van der Waals surface area contributed by atoms with E-state index in [2.05, 4.69) is 20.4 Å². The van der Waals surface area contributed by atoms with Crippen LogP contribution < -0.4 is 4.74 Å². The van der Waals surface area contributed by atoms with Crippen molar-refractivity contribution in [3.63, 3.8) is 0 Å². The number of carbonyl (C=O) groups excluding carboxylic acids is 2. The van der Waals surface area contributed by atoms with Crippen molar-refractivity contribution >= 4 is 33.6 Å². The van der Waals surface area contributed by atoms with Gasteiger partial charge >= 0.3 is 0 Å². The number of imide groups is 1. The number of rotatable bonds is 8. The second-order valence-corrected chi connectivity index (χ2v) is 11.9. The molecule has 0 bridgehead atoms. The van der Waals surface area contributed by atoms with Gasteiger partial charge in [-0.2, -0.15) is 0 Å². The number of fused-ring (bicyclic) bond motifs is 5. The SMILES string of the molecule is COc1ccc2c(c1)c1c3c(nc(-c4ccccc4)c1n2CCN1CCCCC1)C(=O)N(CCN1CCCCC1)C3=O. The molecular formula is C34H39N5O3. The lowest BCUT2D eigenvalue weighted by Gasteiger charge is -2.27. The Kier molecular flexibility index (Phi) is 7.42. The summed E-state index contributed by atoms with van der Waals surface area (Å²) >= 11 is 0. The van der Waals surface area contributed by atoms with Crippen LogP contribution in [0.5, 0.6) is 5.75 Å². The van der Waals surface area contributed by atoms with Crippen molar-refractivity contribution in [1.82, 2.24) is 24.3 Å². The number of ether oxygens (including phenoxy) is 1. The standard InChI is InChI=1S/C34H39N5O3/c1-42-25-13-14-27-26(23-25)28-29-31(34(41)39(33(29)40)22-20-37-17-9-4-10-18-37)35-30(24-11-5-2-6-12-24)32(28)38(27)21-19-36-15-7-3-8-16-36/h2,5-6,11-14,23H,3-4,7-10,15-22H2,1H3. The molecule has 0 N–H and O–H groups in total. The first-order chi connectivity index (χ1) is 20.6. The first kappa shape index (κ1) is 27.1. The van der Waals surface area contributed by atoms with E-state index in [1.807, 2.05) is 42.5 Å². The van der Waals surface area contributed by atoms with Gasteiger partial charge in [0.2, 0.25) is 0 Å². The average molecular weight is 566 g/mol. The van der Waals surface area contributed by atoms with Crippen LogP contribution >= 0.6 is 0 Å². The lowest BCUT2D eigenvalue weighted by Crippen LogP contribution is -2.40. The minimum Gasteiger partial charge on any atom is -0.497 e. The molecular weight excluding hydrogens is 526 g/mol. The molecule has 2 fully saturated rings. The Bertz CT molecular complexity index is 1630. The van der Waals surface area contributed by atoms with Crippen molar-refractivity contribution in [2.24, 2.45) is 0 Å². The van der Waals surface area contributed by atoms with Crippen LogP contribution in [0.25, 0.3) is 33.1 Å². The van der Waals surface area contributed by atoms with Crippen LogP contribution in [-0.4, -0.2) is 89.0 Å². The highest BCUT2D eigenvalue weighted by atomic mass is 16.5. The summed E-state index contributed by atoms with van der Waals surface area (Å²) < 4.78 is 7.97. The van der Waals surface area contributed by atoms with Crippen LogP contribution in [0.2, 0.25) is 0 Å². The quantitative estimate of drug-likeness (QED) is 0.265. The van der Waals surface area contributed by atoms with Crippen molar-refractivity contribution in [1.29, 1.82) is 0 Å². The maximum absolute atomic E-state index is 14.2. The second-order valence-electron chi connectivity index (χ2n) is 11.9. The molecule has 3 aliphatic heterocycles. The maximum atomic E-state index is 14.2. The number of methoxy groups -OCH3 is 1. The Morgan fingerprint density at radius 1 is 0.738 bits per heavy atom. The molecule has 218 valence electrons. The number of hydrogen-bond acceptors (Lipinski definition) is 6. The number of benzene rings is 2. The molecule has 3 aliphatic rings. The number of piperidine rings is 2. The largest absolute Gasteiger partial charge is 0.497 e. The van der Waals surface area contributed by atoms with Crippen LogP contribution in [0.3, 0.4) is 0 Å². The predicted molar refractivity (Wildman–Crippen MR) is 165 cm³/mol. The van der Waals surface area contributed by atoms with Crippen molar-refractivity contribution in [3.05, 3.63) is 59.8 Å². The smallest absolute Gasteiger partial charge is 0.280 e. The Hall–Kier alpha value is -3.75. The van der Waals surface area contributed by atoms with Gasteiger partial charge in [0.1, 0.15) is 11.4 Å². The number of hydrogen-bond donors (Lipinski definition) is 0. The summed E-state index contributed by atoms with van der Waals surface area (Å²) in [6.07, 6.45) is 7.35. The van der Waals surface area contributed by atoms with Crippen LogP contribution in [0.1, 0.15) is 59.4 Å². The molecule has 2 aromatic carbocycles. The summed E-state index contributed by atoms with van der Waals surface area (Å²) in [4.78, 5) is 39.4. The molecule has 0 saturated carbocycles. The van der Waals surface area contributed by atoms with Gasteiger partial charge in [-0.05, 0) is 70.1 Å². The van der Waals surface area contributed by atoms with Crippen molar-refractivity contribution in [2.45, 2.75) is 45.1 Å². The van der Waals surface area contributed by atoms with Crippen LogP contribution in [0, 0.1) is 0 Å². The van der Waals surface area contributed by atoms with Gasteiger partial charge in [-0.15, -0.1) is 0 Å². The van der Waals surface area contributed by atoms with Gasteiger partial charge in [0, 0.05) is 48.0 Å². The van der Waals surface area contributed by atoms with E-state index in [0.717, 1.165) is 78.1 Å². The van der Waals surface area contributed by atoms with Gasteiger partial charge in [-0.25, -0.2) is 4.98 Å². The Labute approximate surface area is 246 Å². The third-order valence-corrected chi connectivity index (χ3v) is 9.34. The molecule has 7 rings (SSSR count). The molecule has 0 atom stereocenters. The Morgan fingerprint density at radius 2 is 1.40 bits per heavy atom. The van der Waals surface area contributed by atoms with Gasteiger partial charge in [0.25, 0.3) is 11.8 Å². The number of likely N-dealkylation sites (tertiary alicyclic amines) is 2. The molecule has 0 radical (unpaired) electrons. The van der Waals surface area contributed by atoms with Crippen molar-refractivity contribution in [3.8, 4) is 17.0 Å². The van der Waals surface area contributed by atoms with Crippen LogP contribution in [-0.2, 0) is 6.54 Å². The molecule has 2 amide bonds. The zero-order valence-corrected chi connectivity index (χ0v) is 24.5. The minimum absolute atomic E-state index is 0.234. The lowest BCUT2D eigenvalue weighted by atomic mass is 10.0.